The van der Waals surface area contributed by atoms with Crippen molar-refractivity contribution >= 4 is 15.9 Å². The van der Waals surface area contributed by atoms with E-state index >= 15 is 0 Å². The summed E-state index contributed by atoms with van der Waals surface area (Å²) < 4.78 is 1.09. The largest absolute Gasteiger partial charge is 0.394 e. The lowest BCUT2D eigenvalue weighted by molar-refractivity contribution is 0.103. The van der Waals surface area contributed by atoms with Crippen molar-refractivity contribution in [3.8, 4) is 0 Å². The standard InChI is InChI=1S/C12H18BrNO2/c1-9-5-10(3-4-11(9)13)6-14-12(2,7-15)8-16/h3-5,14-16H,6-8H2,1-2H3. The molecule has 0 spiro atoms. The molecule has 0 aliphatic rings. The Labute approximate surface area is 105 Å². The Bertz CT molecular complexity index is 351. The van der Waals surface area contributed by atoms with Crippen molar-refractivity contribution in [1.82, 2.24) is 5.32 Å². The fourth-order valence-electron chi connectivity index (χ4n) is 1.29. The number of aryl methyl sites for hydroxylation is 1. The highest BCUT2D eigenvalue weighted by atomic mass is 79.9. The van der Waals surface area contributed by atoms with E-state index in [1.54, 1.807) is 6.92 Å². The van der Waals surface area contributed by atoms with Gasteiger partial charge in [0.05, 0.1) is 18.8 Å². The molecule has 4 heteroatoms. The number of hydrogen-bond acceptors (Lipinski definition) is 3. The predicted octanol–water partition coefficient (Wildman–Crippen LogP) is 1.59. The van der Waals surface area contributed by atoms with Gasteiger partial charge in [-0.25, -0.2) is 0 Å². The lowest BCUT2D eigenvalue weighted by Gasteiger charge is -2.26. The Morgan fingerprint density at radius 2 is 1.94 bits per heavy atom. The minimum Gasteiger partial charge on any atom is -0.394 e. The van der Waals surface area contributed by atoms with E-state index in [0.717, 1.165) is 10.0 Å². The van der Waals surface area contributed by atoms with Crippen LogP contribution in [0.5, 0.6) is 0 Å². The molecule has 0 aliphatic carbocycles. The van der Waals surface area contributed by atoms with Gasteiger partial charge in [-0.2, -0.15) is 0 Å². The zero-order valence-corrected chi connectivity index (χ0v) is 11.2. The van der Waals surface area contributed by atoms with Crippen LogP contribution in [0.15, 0.2) is 22.7 Å². The Morgan fingerprint density at radius 3 is 2.44 bits per heavy atom. The number of hydrogen-bond donors (Lipinski definition) is 3. The van der Waals surface area contributed by atoms with Gasteiger partial charge in [0.1, 0.15) is 0 Å². The molecule has 0 heterocycles. The molecule has 0 radical (unpaired) electrons. The van der Waals surface area contributed by atoms with Gasteiger partial charge in [0.2, 0.25) is 0 Å². The monoisotopic (exact) mass is 287 g/mol. The highest BCUT2D eigenvalue weighted by Crippen LogP contribution is 2.17. The Kier molecular flexibility index (Phi) is 4.92. The molecule has 3 nitrogen and oxygen atoms in total. The molecule has 0 bridgehead atoms. The zero-order valence-electron chi connectivity index (χ0n) is 9.63. The number of aliphatic hydroxyl groups is 2. The maximum absolute atomic E-state index is 9.13. The Hall–Kier alpha value is -0.420. The van der Waals surface area contributed by atoms with Crippen molar-refractivity contribution in [3.63, 3.8) is 0 Å². The molecule has 0 aliphatic heterocycles. The first-order valence-corrected chi connectivity index (χ1v) is 6.02. The predicted molar refractivity (Wildman–Crippen MR) is 68.3 cm³/mol. The van der Waals surface area contributed by atoms with Crippen molar-refractivity contribution in [1.29, 1.82) is 0 Å². The summed E-state index contributed by atoms with van der Waals surface area (Å²) in [7, 11) is 0. The highest BCUT2D eigenvalue weighted by molar-refractivity contribution is 9.10. The third kappa shape index (κ3) is 3.56. The minimum absolute atomic E-state index is 0.0843. The smallest absolute Gasteiger partial charge is 0.0633 e. The molecule has 0 unspecified atom stereocenters. The van der Waals surface area contributed by atoms with E-state index in [9.17, 15) is 0 Å². The molecule has 1 rings (SSSR count). The van der Waals surface area contributed by atoms with Crippen LogP contribution in [0.2, 0.25) is 0 Å². The van der Waals surface area contributed by atoms with Crippen LogP contribution in [0.3, 0.4) is 0 Å². The first-order chi connectivity index (χ1) is 7.50. The fourth-order valence-corrected chi connectivity index (χ4v) is 1.54. The Balaban J connectivity index is 2.64. The molecule has 3 N–H and O–H groups in total. The van der Waals surface area contributed by atoms with Gasteiger partial charge in [-0.1, -0.05) is 28.1 Å². The summed E-state index contributed by atoms with van der Waals surface area (Å²) in [6.07, 6.45) is 0. The number of aliphatic hydroxyl groups excluding tert-OH is 2. The maximum atomic E-state index is 9.13. The van der Waals surface area contributed by atoms with Crippen LogP contribution < -0.4 is 5.32 Å². The summed E-state index contributed by atoms with van der Waals surface area (Å²) in [4.78, 5) is 0. The van der Waals surface area contributed by atoms with Gasteiger partial charge in [-0.15, -0.1) is 0 Å². The molecule has 0 amide bonds. The van der Waals surface area contributed by atoms with Crippen molar-refractivity contribution in [2.75, 3.05) is 13.2 Å². The van der Waals surface area contributed by atoms with Crippen molar-refractivity contribution in [3.05, 3.63) is 33.8 Å². The summed E-state index contributed by atoms with van der Waals surface area (Å²) in [5.41, 5.74) is 1.68. The zero-order chi connectivity index (χ0) is 12.2. The van der Waals surface area contributed by atoms with Crippen LogP contribution in [-0.2, 0) is 6.54 Å². The second kappa shape index (κ2) is 5.77. The number of rotatable bonds is 5. The average Bonchev–Trinajstić information content (AvgIpc) is 2.30. The molecular weight excluding hydrogens is 270 g/mol. The minimum atomic E-state index is -0.624. The van der Waals surface area contributed by atoms with Crippen LogP contribution in [0.25, 0.3) is 0 Å². The van der Waals surface area contributed by atoms with Gasteiger partial charge in [0.15, 0.2) is 0 Å². The number of benzene rings is 1. The molecule has 16 heavy (non-hydrogen) atoms. The van der Waals surface area contributed by atoms with Crippen molar-refractivity contribution in [2.24, 2.45) is 0 Å². The SMILES string of the molecule is Cc1cc(CNC(C)(CO)CO)ccc1Br. The van der Waals surface area contributed by atoms with Gasteiger partial charge >= 0.3 is 0 Å². The first kappa shape index (κ1) is 13.6. The van der Waals surface area contributed by atoms with Crippen LogP contribution in [0, 0.1) is 6.92 Å². The van der Waals surface area contributed by atoms with Crippen LogP contribution >= 0.6 is 15.9 Å². The second-order valence-corrected chi connectivity index (χ2v) is 5.17. The molecule has 0 saturated carbocycles. The van der Waals surface area contributed by atoms with Crippen LogP contribution in [-0.4, -0.2) is 29.0 Å². The van der Waals surface area contributed by atoms with E-state index in [0.29, 0.717) is 6.54 Å². The molecule has 0 saturated heterocycles. The number of nitrogens with one attached hydrogen (secondary N) is 1. The van der Waals surface area contributed by atoms with Crippen molar-refractivity contribution in [2.45, 2.75) is 25.9 Å². The highest BCUT2D eigenvalue weighted by Gasteiger charge is 2.20. The third-order valence-corrected chi connectivity index (χ3v) is 3.53. The van der Waals surface area contributed by atoms with E-state index in [2.05, 4.69) is 27.3 Å². The molecule has 0 fully saturated rings. The average molecular weight is 288 g/mol. The second-order valence-electron chi connectivity index (χ2n) is 4.31. The van der Waals surface area contributed by atoms with E-state index in [4.69, 9.17) is 10.2 Å². The number of halogens is 1. The van der Waals surface area contributed by atoms with Gasteiger partial charge in [-0.05, 0) is 31.0 Å². The first-order valence-electron chi connectivity index (χ1n) is 5.22. The normalized spacial score (nSPS) is 11.8. The molecule has 1 aromatic rings. The van der Waals surface area contributed by atoms with Gasteiger partial charge in [-0.3, -0.25) is 0 Å². The van der Waals surface area contributed by atoms with Gasteiger partial charge in [0, 0.05) is 11.0 Å². The summed E-state index contributed by atoms with van der Waals surface area (Å²) in [6, 6.07) is 6.09. The fraction of sp³-hybridized carbons (Fsp3) is 0.500. The summed E-state index contributed by atoms with van der Waals surface area (Å²) in [5, 5.41) is 21.4. The lowest BCUT2D eigenvalue weighted by atomic mass is 10.0. The Morgan fingerprint density at radius 1 is 1.31 bits per heavy atom. The maximum Gasteiger partial charge on any atom is 0.0633 e. The van der Waals surface area contributed by atoms with Crippen LogP contribution in [0.1, 0.15) is 18.1 Å². The molecule has 0 atom stereocenters. The van der Waals surface area contributed by atoms with E-state index in [1.165, 1.54) is 5.56 Å². The van der Waals surface area contributed by atoms with E-state index < -0.39 is 5.54 Å². The van der Waals surface area contributed by atoms with E-state index in [-0.39, 0.29) is 13.2 Å². The summed E-state index contributed by atoms with van der Waals surface area (Å²) in [5.74, 6) is 0. The van der Waals surface area contributed by atoms with Crippen LogP contribution in [0.4, 0.5) is 0 Å². The molecular formula is C12H18BrNO2. The molecule has 0 aromatic heterocycles. The lowest BCUT2D eigenvalue weighted by Crippen LogP contribution is -2.48. The molecule has 90 valence electrons. The third-order valence-electron chi connectivity index (χ3n) is 2.64. The van der Waals surface area contributed by atoms with Gasteiger partial charge in [0.25, 0.3) is 0 Å². The summed E-state index contributed by atoms with van der Waals surface area (Å²) >= 11 is 3.45. The quantitative estimate of drug-likeness (QED) is 0.771. The molecule has 1 aromatic carbocycles. The van der Waals surface area contributed by atoms with Gasteiger partial charge < -0.3 is 15.5 Å². The van der Waals surface area contributed by atoms with Crippen molar-refractivity contribution < 1.29 is 10.2 Å². The van der Waals surface area contributed by atoms with E-state index in [1.807, 2.05) is 19.1 Å². The topological polar surface area (TPSA) is 52.5 Å². The summed E-state index contributed by atoms with van der Waals surface area (Å²) in [6.45, 7) is 4.29.